The van der Waals surface area contributed by atoms with Crippen LogP contribution in [0.2, 0.25) is 0 Å². The fourth-order valence-electron chi connectivity index (χ4n) is 2.44. The molecule has 94 valence electrons. The lowest BCUT2D eigenvalue weighted by atomic mass is 10.0. The Morgan fingerprint density at radius 3 is 2.50 bits per heavy atom. The number of carbonyl (C=O) groups is 1. The summed E-state index contributed by atoms with van der Waals surface area (Å²) < 4.78 is 0. The molecule has 0 spiro atoms. The van der Waals surface area contributed by atoms with Crippen LogP contribution in [-0.4, -0.2) is 35.1 Å². The Morgan fingerprint density at radius 1 is 1.31 bits per heavy atom. The predicted molar refractivity (Wildman–Crippen MR) is 65.2 cm³/mol. The number of aliphatic hydroxyl groups is 1. The molecule has 1 rings (SSSR count). The molecule has 0 radical (unpaired) electrons. The van der Waals surface area contributed by atoms with Crippen molar-refractivity contribution in [2.75, 3.05) is 13.6 Å². The van der Waals surface area contributed by atoms with Gasteiger partial charge in [-0.3, -0.25) is 4.79 Å². The number of rotatable bonds is 6. The van der Waals surface area contributed by atoms with E-state index in [-0.39, 0.29) is 5.91 Å². The molecule has 1 saturated carbocycles. The highest BCUT2D eigenvalue weighted by Crippen LogP contribution is 2.30. The minimum atomic E-state index is -0.602. The quantitative estimate of drug-likeness (QED) is 0.707. The van der Waals surface area contributed by atoms with Crippen LogP contribution in [0.4, 0.5) is 0 Å². The van der Waals surface area contributed by atoms with Gasteiger partial charge in [0.1, 0.15) is 0 Å². The zero-order valence-electron chi connectivity index (χ0n) is 10.7. The van der Waals surface area contributed by atoms with E-state index in [0.717, 1.165) is 44.9 Å². The van der Waals surface area contributed by atoms with Crippen LogP contribution in [0.15, 0.2) is 0 Å². The number of carbonyl (C=O) groups excluding carboxylic acids is 1. The molecular formula is C13H25NO2. The Balaban J connectivity index is 2.27. The summed E-state index contributed by atoms with van der Waals surface area (Å²) in [5.74, 6) is 0.175. The van der Waals surface area contributed by atoms with E-state index < -0.39 is 5.60 Å². The summed E-state index contributed by atoms with van der Waals surface area (Å²) in [7, 11) is 1.81. The number of amides is 1. The summed E-state index contributed by atoms with van der Waals surface area (Å²) in [6, 6.07) is 0. The molecule has 1 fully saturated rings. The molecular weight excluding hydrogens is 202 g/mol. The number of likely N-dealkylation sites (N-methyl/N-ethyl adjacent to an activating group) is 1. The maximum absolute atomic E-state index is 11.8. The summed E-state index contributed by atoms with van der Waals surface area (Å²) in [6.07, 6.45) is 7.73. The maximum Gasteiger partial charge on any atom is 0.222 e. The van der Waals surface area contributed by atoms with E-state index in [1.165, 1.54) is 0 Å². The fraction of sp³-hybridized carbons (Fsp3) is 0.923. The van der Waals surface area contributed by atoms with Gasteiger partial charge in [0.25, 0.3) is 0 Å². The Labute approximate surface area is 98.8 Å². The highest BCUT2D eigenvalue weighted by molar-refractivity contribution is 5.75. The Morgan fingerprint density at radius 2 is 1.94 bits per heavy atom. The number of unbranched alkanes of at least 4 members (excludes halogenated alkanes) is 2. The largest absolute Gasteiger partial charge is 0.388 e. The fourth-order valence-corrected chi connectivity index (χ4v) is 2.44. The van der Waals surface area contributed by atoms with Crippen LogP contribution in [-0.2, 0) is 4.79 Å². The molecule has 0 bridgehead atoms. The van der Waals surface area contributed by atoms with E-state index in [2.05, 4.69) is 6.92 Å². The van der Waals surface area contributed by atoms with Crippen molar-refractivity contribution in [3.63, 3.8) is 0 Å². The van der Waals surface area contributed by atoms with Gasteiger partial charge in [-0.1, -0.05) is 32.6 Å². The normalized spacial score (nSPS) is 18.7. The van der Waals surface area contributed by atoms with Gasteiger partial charge in [-0.05, 0) is 19.3 Å². The first-order valence-corrected chi connectivity index (χ1v) is 6.54. The molecule has 1 amide bonds. The first-order valence-electron chi connectivity index (χ1n) is 6.54. The summed E-state index contributed by atoms with van der Waals surface area (Å²) in [5.41, 5.74) is -0.602. The molecule has 0 aromatic rings. The van der Waals surface area contributed by atoms with Crippen LogP contribution in [0.3, 0.4) is 0 Å². The highest BCUT2D eigenvalue weighted by atomic mass is 16.3. The van der Waals surface area contributed by atoms with Crippen molar-refractivity contribution in [3.8, 4) is 0 Å². The van der Waals surface area contributed by atoms with E-state index in [9.17, 15) is 9.90 Å². The van der Waals surface area contributed by atoms with Crippen LogP contribution in [0, 0.1) is 0 Å². The predicted octanol–water partition coefficient (Wildman–Crippen LogP) is 2.33. The van der Waals surface area contributed by atoms with Gasteiger partial charge < -0.3 is 10.0 Å². The molecule has 0 aromatic carbocycles. The lowest BCUT2D eigenvalue weighted by Crippen LogP contribution is -2.41. The zero-order valence-corrected chi connectivity index (χ0v) is 10.7. The summed E-state index contributed by atoms with van der Waals surface area (Å²) in [5, 5.41) is 10.2. The van der Waals surface area contributed by atoms with Gasteiger partial charge in [-0.15, -0.1) is 0 Å². The van der Waals surface area contributed by atoms with Crippen LogP contribution in [0.25, 0.3) is 0 Å². The Hall–Kier alpha value is -0.570. The molecule has 1 aliphatic rings. The van der Waals surface area contributed by atoms with Crippen molar-refractivity contribution in [1.29, 1.82) is 0 Å². The molecule has 0 unspecified atom stereocenters. The first kappa shape index (κ1) is 13.5. The molecule has 3 heteroatoms. The monoisotopic (exact) mass is 227 g/mol. The zero-order chi connectivity index (χ0) is 12.0. The molecule has 0 saturated heterocycles. The van der Waals surface area contributed by atoms with E-state index in [4.69, 9.17) is 0 Å². The lowest BCUT2D eigenvalue weighted by molar-refractivity contribution is -0.133. The van der Waals surface area contributed by atoms with Gasteiger partial charge >= 0.3 is 0 Å². The Kier molecular flexibility index (Phi) is 5.26. The smallest absolute Gasteiger partial charge is 0.222 e. The van der Waals surface area contributed by atoms with Crippen molar-refractivity contribution < 1.29 is 9.90 Å². The van der Waals surface area contributed by atoms with Gasteiger partial charge in [0.15, 0.2) is 0 Å². The van der Waals surface area contributed by atoms with Gasteiger partial charge in [0, 0.05) is 20.0 Å². The van der Waals surface area contributed by atoms with Crippen LogP contribution in [0.1, 0.15) is 58.3 Å². The second kappa shape index (κ2) is 6.24. The lowest BCUT2D eigenvalue weighted by Gasteiger charge is -2.28. The van der Waals surface area contributed by atoms with E-state index in [1.807, 2.05) is 7.05 Å². The minimum Gasteiger partial charge on any atom is -0.388 e. The van der Waals surface area contributed by atoms with Crippen molar-refractivity contribution in [2.24, 2.45) is 0 Å². The number of hydrogen-bond donors (Lipinski definition) is 1. The van der Waals surface area contributed by atoms with Gasteiger partial charge in [-0.2, -0.15) is 0 Å². The maximum atomic E-state index is 11.8. The Bertz CT molecular complexity index is 222. The second-order valence-electron chi connectivity index (χ2n) is 5.14. The number of nitrogens with zero attached hydrogens (tertiary/aromatic N) is 1. The van der Waals surface area contributed by atoms with Crippen LogP contribution in [0.5, 0.6) is 0 Å². The molecule has 0 heterocycles. The highest BCUT2D eigenvalue weighted by Gasteiger charge is 2.33. The molecule has 1 N–H and O–H groups in total. The van der Waals surface area contributed by atoms with Crippen molar-refractivity contribution in [2.45, 2.75) is 63.9 Å². The van der Waals surface area contributed by atoms with E-state index in [1.54, 1.807) is 4.90 Å². The van der Waals surface area contributed by atoms with E-state index >= 15 is 0 Å². The van der Waals surface area contributed by atoms with Gasteiger partial charge in [0.2, 0.25) is 5.91 Å². The van der Waals surface area contributed by atoms with Crippen molar-refractivity contribution in [3.05, 3.63) is 0 Å². The van der Waals surface area contributed by atoms with Crippen LogP contribution >= 0.6 is 0 Å². The molecule has 16 heavy (non-hydrogen) atoms. The molecule has 0 aromatic heterocycles. The standard InChI is InChI=1S/C13H25NO2/c1-3-4-5-8-12(15)14(2)11-13(16)9-6-7-10-13/h16H,3-11H2,1-2H3. The van der Waals surface area contributed by atoms with Crippen molar-refractivity contribution >= 4 is 5.91 Å². The number of hydrogen-bond acceptors (Lipinski definition) is 2. The summed E-state index contributed by atoms with van der Waals surface area (Å²) >= 11 is 0. The molecule has 0 atom stereocenters. The molecule has 3 nitrogen and oxygen atoms in total. The third-order valence-electron chi connectivity index (χ3n) is 3.49. The summed E-state index contributed by atoms with van der Waals surface area (Å²) in [4.78, 5) is 13.5. The second-order valence-corrected chi connectivity index (χ2v) is 5.14. The average Bonchev–Trinajstić information content (AvgIpc) is 2.65. The van der Waals surface area contributed by atoms with Crippen molar-refractivity contribution in [1.82, 2.24) is 4.90 Å². The average molecular weight is 227 g/mol. The third kappa shape index (κ3) is 4.12. The molecule has 0 aliphatic heterocycles. The summed E-state index contributed by atoms with van der Waals surface area (Å²) in [6.45, 7) is 2.65. The third-order valence-corrected chi connectivity index (χ3v) is 3.49. The van der Waals surface area contributed by atoms with E-state index in [0.29, 0.717) is 13.0 Å². The van der Waals surface area contributed by atoms with Crippen LogP contribution < -0.4 is 0 Å². The van der Waals surface area contributed by atoms with Gasteiger partial charge in [0.05, 0.1) is 5.60 Å². The molecule has 1 aliphatic carbocycles. The van der Waals surface area contributed by atoms with Gasteiger partial charge in [-0.25, -0.2) is 0 Å². The SMILES string of the molecule is CCCCCC(=O)N(C)CC1(O)CCCC1. The first-order chi connectivity index (χ1) is 7.57. The topological polar surface area (TPSA) is 40.5 Å². The minimum absolute atomic E-state index is 0.175.